The molecule has 2 heterocycles. The van der Waals surface area contributed by atoms with Gasteiger partial charge in [0.05, 0.1) is 5.60 Å². The fraction of sp³-hybridized carbons (Fsp3) is 0.833. The van der Waals surface area contributed by atoms with Gasteiger partial charge in [0.25, 0.3) is 0 Å². The second-order valence-electron chi connectivity index (χ2n) is 5.08. The minimum absolute atomic E-state index is 0.508. The van der Waals surface area contributed by atoms with E-state index < -0.39 is 5.60 Å². The highest BCUT2D eigenvalue weighted by Crippen LogP contribution is 2.26. The third kappa shape index (κ3) is 3.39. The van der Waals surface area contributed by atoms with Gasteiger partial charge in [-0.3, -0.25) is 0 Å². The summed E-state index contributed by atoms with van der Waals surface area (Å²) in [6, 6.07) is 0. The van der Waals surface area contributed by atoms with Crippen LogP contribution in [0.25, 0.3) is 0 Å². The first kappa shape index (κ1) is 12.8. The van der Waals surface area contributed by atoms with E-state index in [1.165, 1.54) is 11.5 Å². The molecular formula is C12H21N3OS. The van der Waals surface area contributed by atoms with Crippen LogP contribution in [-0.2, 0) is 6.42 Å². The first-order valence-electron chi connectivity index (χ1n) is 6.40. The van der Waals surface area contributed by atoms with Gasteiger partial charge in [0.2, 0.25) is 5.13 Å². The molecule has 1 aromatic heterocycles. The summed E-state index contributed by atoms with van der Waals surface area (Å²) in [6.07, 6.45) is 4.77. The maximum Gasteiger partial charge on any atom is 0.205 e. The fourth-order valence-electron chi connectivity index (χ4n) is 2.15. The maximum absolute atomic E-state index is 10.0. The van der Waals surface area contributed by atoms with Gasteiger partial charge in [0.1, 0.15) is 5.82 Å². The van der Waals surface area contributed by atoms with Crippen LogP contribution in [-0.4, -0.2) is 33.2 Å². The van der Waals surface area contributed by atoms with Crippen LogP contribution in [0, 0.1) is 0 Å². The van der Waals surface area contributed by atoms with E-state index in [1.807, 2.05) is 6.92 Å². The van der Waals surface area contributed by atoms with Crippen molar-refractivity contribution in [1.29, 1.82) is 0 Å². The van der Waals surface area contributed by atoms with Gasteiger partial charge in [0, 0.05) is 31.0 Å². The number of hydrogen-bond acceptors (Lipinski definition) is 5. The van der Waals surface area contributed by atoms with Crippen LogP contribution in [0.3, 0.4) is 0 Å². The summed E-state index contributed by atoms with van der Waals surface area (Å²) in [7, 11) is 0. The number of rotatable bonds is 3. The summed E-state index contributed by atoms with van der Waals surface area (Å²) in [5.74, 6) is 0.962. The summed E-state index contributed by atoms with van der Waals surface area (Å²) < 4.78 is 4.37. The molecular weight excluding hydrogens is 234 g/mol. The Labute approximate surface area is 107 Å². The monoisotopic (exact) mass is 255 g/mol. The molecule has 1 unspecified atom stereocenters. The Morgan fingerprint density at radius 1 is 1.41 bits per heavy atom. The molecule has 0 radical (unpaired) electrons. The molecule has 5 heteroatoms. The van der Waals surface area contributed by atoms with Crippen molar-refractivity contribution < 1.29 is 5.11 Å². The molecule has 0 bridgehead atoms. The first-order chi connectivity index (χ1) is 8.11. The molecule has 2 rings (SSSR count). The van der Waals surface area contributed by atoms with Gasteiger partial charge in [-0.05, 0) is 32.6 Å². The van der Waals surface area contributed by atoms with E-state index in [9.17, 15) is 5.11 Å². The third-order valence-corrected chi connectivity index (χ3v) is 4.08. The average Bonchev–Trinajstić information content (AvgIpc) is 2.64. The van der Waals surface area contributed by atoms with Crippen molar-refractivity contribution in [2.45, 2.75) is 51.6 Å². The van der Waals surface area contributed by atoms with Crippen molar-refractivity contribution in [3.63, 3.8) is 0 Å². The van der Waals surface area contributed by atoms with Crippen LogP contribution in [0.2, 0.25) is 0 Å². The zero-order valence-corrected chi connectivity index (χ0v) is 11.5. The molecule has 1 saturated heterocycles. The third-order valence-electron chi connectivity index (χ3n) is 3.27. The lowest BCUT2D eigenvalue weighted by molar-refractivity contribution is 0.0481. The van der Waals surface area contributed by atoms with Crippen LogP contribution in [0.1, 0.15) is 45.4 Å². The zero-order valence-electron chi connectivity index (χ0n) is 10.6. The van der Waals surface area contributed by atoms with Crippen molar-refractivity contribution in [2.24, 2.45) is 0 Å². The van der Waals surface area contributed by atoms with Gasteiger partial charge in [-0.1, -0.05) is 6.92 Å². The minimum atomic E-state index is -0.508. The molecule has 1 aliphatic rings. The van der Waals surface area contributed by atoms with Crippen LogP contribution in [0.4, 0.5) is 5.13 Å². The Balaban J connectivity index is 2.01. The maximum atomic E-state index is 10.0. The molecule has 1 fully saturated rings. The van der Waals surface area contributed by atoms with Crippen molar-refractivity contribution in [2.75, 3.05) is 18.0 Å². The highest BCUT2D eigenvalue weighted by atomic mass is 32.1. The van der Waals surface area contributed by atoms with E-state index in [0.717, 1.165) is 56.1 Å². The van der Waals surface area contributed by atoms with E-state index in [4.69, 9.17) is 0 Å². The van der Waals surface area contributed by atoms with E-state index in [1.54, 1.807) is 0 Å². The van der Waals surface area contributed by atoms with Gasteiger partial charge < -0.3 is 10.0 Å². The van der Waals surface area contributed by atoms with Crippen molar-refractivity contribution in [1.82, 2.24) is 9.36 Å². The zero-order chi connectivity index (χ0) is 12.3. The molecule has 4 nitrogen and oxygen atoms in total. The van der Waals surface area contributed by atoms with Gasteiger partial charge in [-0.2, -0.15) is 4.37 Å². The van der Waals surface area contributed by atoms with Crippen molar-refractivity contribution in [3.05, 3.63) is 5.82 Å². The quantitative estimate of drug-likeness (QED) is 0.900. The van der Waals surface area contributed by atoms with Crippen LogP contribution in [0.5, 0.6) is 0 Å². The van der Waals surface area contributed by atoms with Gasteiger partial charge in [0.15, 0.2) is 0 Å². The highest BCUT2D eigenvalue weighted by Gasteiger charge is 2.26. The summed E-state index contributed by atoms with van der Waals surface area (Å²) in [6.45, 7) is 5.94. The average molecular weight is 255 g/mol. The predicted molar refractivity (Wildman–Crippen MR) is 70.6 cm³/mol. The molecule has 1 aliphatic heterocycles. The minimum Gasteiger partial charge on any atom is -0.390 e. The van der Waals surface area contributed by atoms with E-state index >= 15 is 0 Å². The van der Waals surface area contributed by atoms with Crippen molar-refractivity contribution in [3.8, 4) is 0 Å². The Hall–Kier alpha value is -0.680. The van der Waals surface area contributed by atoms with E-state index in [2.05, 4.69) is 21.2 Å². The first-order valence-corrected chi connectivity index (χ1v) is 7.18. The Bertz CT molecular complexity index is 364. The molecule has 1 aromatic rings. The summed E-state index contributed by atoms with van der Waals surface area (Å²) in [5.41, 5.74) is -0.508. The SMILES string of the molecule is CCCc1nsc(N2CCCC(C)(O)CC2)n1. The predicted octanol–water partition coefficient (Wildman–Crippen LogP) is 2.23. The lowest BCUT2D eigenvalue weighted by Gasteiger charge is -2.21. The molecule has 0 amide bonds. The van der Waals surface area contributed by atoms with Crippen LogP contribution in [0.15, 0.2) is 0 Å². The van der Waals surface area contributed by atoms with Gasteiger partial charge in [-0.25, -0.2) is 4.98 Å². The summed E-state index contributed by atoms with van der Waals surface area (Å²) in [5, 5.41) is 11.1. The van der Waals surface area contributed by atoms with Crippen LogP contribution < -0.4 is 4.90 Å². The number of hydrogen-bond donors (Lipinski definition) is 1. The Morgan fingerprint density at radius 2 is 2.24 bits per heavy atom. The summed E-state index contributed by atoms with van der Waals surface area (Å²) >= 11 is 1.49. The normalized spacial score (nSPS) is 25.9. The number of anilines is 1. The van der Waals surface area contributed by atoms with Gasteiger partial charge >= 0.3 is 0 Å². The molecule has 0 aliphatic carbocycles. The number of aryl methyl sites for hydroxylation is 1. The lowest BCUT2D eigenvalue weighted by atomic mass is 9.98. The standard InChI is InChI=1S/C12H21N3OS/c1-3-5-10-13-11(17-14-10)15-8-4-6-12(2,16)7-9-15/h16H,3-9H2,1-2H3. The lowest BCUT2D eigenvalue weighted by Crippen LogP contribution is -2.28. The summed E-state index contributed by atoms with van der Waals surface area (Å²) in [4.78, 5) is 6.83. The number of aliphatic hydroxyl groups is 1. The number of nitrogens with zero attached hydrogens (tertiary/aromatic N) is 3. The van der Waals surface area contributed by atoms with E-state index in [-0.39, 0.29) is 0 Å². The largest absolute Gasteiger partial charge is 0.390 e. The topological polar surface area (TPSA) is 49.2 Å². The van der Waals surface area contributed by atoms with Crippen LogP contribution >= 0.6 is 11.5 Å². The fourth-order valence-corrected chi connectivity index (χ4v) is 2.92. The Kier molecular flexibility index (Phi) is 3.99. The van der Waals surface area contributed by atoms with Crippen molar-refractivity contribution >= 4 is 16.7 Å². The molecule has 17 heavy (non-hydrogen) atoms. The molecule has 0 saturated carbocycles. The number of aromatic nitrogens is 2. The Morgan fingerprint density at radius 3 is 3.00 bits per heavy atom. The molecule has 0 spiro atoms. The molecule has 1 N–H and O–H groups in total. The second kappa shape index (κ2) is 5.31. The van der Waals surface area contributed by atoms with E-state index in [0.29, 0.717) is 0 Å². The molecule has 96 valence electrons. The molecule has 1 atom stereocenters. The smallest absolute Gasteiger partial charge is 0.205 e. The second-order valence-corrected chi connectivity index (χ2v) is 5.81. The highest BCUT2D eigenvalue weighted by molar-refractivity contribution is 7.09. The molecule has 0 aromatic carbocycles. The van der Waals surface area contributed by atoms with Gasteiger partial charge in [-0.15, -0.1) is 0 Å².